The first kappa shape index (κ1) is 28.1. The number of benzene rings is 2. The standard InChI is InChI=1S/C25H34FN3O5S/c1-6-23(25(31)27-15-18(2)3)28(16-19-8-7-9-22(14-19)34-4)24(30)17-29(35(5,32)33)21-12-10-20(26)11-13-21/h7-14,18,23H,6,15-17H2,1-5H3,(H,27,31)/t23-/m0/s1. The molecule has 0 radical (unpaired) electrons. The van der Waals surface area contributed by atoms with E-state index in [2.05, 4.69) is 5.32 Å². The van der Waals surface area contributed by atoms with Gasteiger partial charge in [0.1, 0.15) is 24.2 Å². The van der Waals surface area contributed by atoms with Crippen molar-refractivity contribution in [3.8, 4) is 5.75 Å². The van der Waals surface area contributed by atoms with E-state index in [4.69, 9.17) is 4.74 Å². The van der Waals surface area contributed by atoms with Crippen molar-refractivity contribution >= 4 is 27.5 Å². The predicted molar refractivity (Wildman–Crippen MR) is 134 cm³/mol. The summed E-state index contributed by atoms with van der Waals surface area (Å²) in [5.74, 6) is -0.588. The molecule has 2 rings (SSSR count). The summed E-state index contributed by atoms with van der Waals surface area (Å²) in [4.78, 5) is 28.0. The molecule has 0 aliphatic rings. The van der Waals surface area contributed by atoms with Crippen LogP contribution < -0.4 is 14.4 Å². The van der Waals surface area contributed by atoms with Gasteiger partial charge in [-0.2, -0.15) is 0 Å². The van der Waals surface area contributed by atoms with Gasteiger partial charge in [-0.15, -0.1) is 0 Å². The van der Waals surface area contributed by atoms with Gasteiger partial charge in [0, 0.05) is 13.1 Å². The number of hydrogen-bond acceptors (Lipinski definition) is 5. The lowest BCUT2D eigenvalue weighted by Crippen LogP contribution is -2.52. The van der Waals surface area contributed by atoms with Crippen LogP contribution in [-0.4, -0.2) is 57.6 Å². The highest BCUT2D eigenvalue weighted by molar-refractivity contribution is 7.92. The van der Waals surface area contributed by atoms with Crippen LogP contribution in [-0.2, 0) is 26.2 Å². The molecule has 0 heterocycles. The molecule has 2 amide bonds. The maximum atomic E-state index is 13.6. The number of carbonyl (C=O) groups is 2. The van der Waals surface area contributed by atoms with Crippen LogP contribution in [0.4, 0.5) is 10.1 Å². The summed E-state index contributed by atoms with van der Waals surface area (Å²) in [6, 6.07) is 11.1. The SMILES string of the molecule is CC[C@@H](C(=O)NCC(C)C)N(Cc1cccc(OC)c1)C(=O)CN(c1ccc(F)cc1)S(C)(=O)=O. The second kappa shape index (κ2) is 12.5. The Labute approximate surface area is 207 Å². The summed E-state index contributed by atoms with van der Waals surface area (Å²) in [5.41, 5.74) is 0.876. The number of rotatable bonds is 12. The highest BCUT2D eigenvalue weighted by Crippen LogP contribution is 2.21. The van der Waals surface area contributed by atoms with E-state index in [0.717, 1.165) is 28.3 Å². The summed E-state index contributed by atoms with van der Waals surface area (Å²) in [7, 11) is -2.34. The van der Waals surface area contributed by atoms with Crippen molar-refractivity contribution in [1.82, 2.24) is 10.2 Å². The summed E-state index contributed by atoms with van der Waals surface area (Å²) < 4.78 is 44.7. The molecule has 0 bridgehead atoms. The highest BCUT2D eigenvalue weighted by atomic mass is 32.2. The Morgan fingerprint density at radius 2 is 1.77 bits per heavy atom. The van der Waals surface area contributed by atoms with Crippen LogP contribution in [0.5, 0.6) is 5.75 Å². The van der Waals surface area contributed by atoms with Gasteiger partial charge < -0.3 is 15.0 Å². The number of hydrogen-bond donors (Lipinski definition) is 1. The van der Waals surface area contributed by atoms with Gasteiger partial charge in [-0.05, 0) is 54.3 Å². The van der Waals surface area contributed by atoms with Crippen LogP contribution in [0, 0.1) is 11.7 Å². The predicted octanol–water partition coefficient (Wildman–Crippen LogP) is 3.18. The zero-order chi connectivity index (χ0) is 26.2. The van der Waals surface area contributed by atoms with E-state index in [0.29, 0.717) is 18.7 Å². The Morgan fingerprint density at radius 1 is 1.11 bits per heavy atom. The van der Waals surface area contributed by atoms with E-state index >= 15 is 0 Å². The molecule has 0 saturated carbocycles. The Balaban J connectivity index is 2.42. The quantitative estimate of drug-likeness (QED) is 0.476. The van der Waals surface area contributed by atoms with Crippen LogP contribution >= 0.6 is 0 Å². The summed E-state index contributed by atoms with van der Waals surface area (Å²) in [5, 5.41) is 2.87. The molecule has 2 aromatic carbocycles. The Bertz CT molecular complexity index is 1110. The average molecular weight is 508 g/mol. The van der Waals surface area contributed by atoms with Crippen molar-refractivity contribution in [2.45, 2.75) is 39.8 Å². The highest BCUT2D eigenvalue weighted by Gasteiger charge is 2.31. The number of sulfonamides is 1. The second-order valence-corrected chi connectivity index (χ2v) is 10.6. The van der Waals surface area contributed by atoms with Crippen molar-refractivity contribution in [3.63, 3.8) is 0 Å². The van der Waals surface area contributed by atoms with Gasteiger partial charge in [0.2, 0.25) is 21.8 Å². The lowest BCUT2D eigenvalue weighted by molar-refractivity contribution is -0.140. The molecule has 0 aliphatic carbocycles. The van der Waals surface area contributed by atoms with Gasteiger partial charge >= 0.3 is 0 Å². The largest absolute Gasteiger partial charge is 0.497 e. The fourth-order valence-corrected chi connectivity index (χ4v) is 4.38. The number of anilines is 1. The van der Waals surface area contributed by atoms with Gasteiger partial charge in [0.05, 0.1) is 19.1 Å². The number of carbonyl (C=O) groups excluding carboxylic acids is 2. The van der Waals surface area contributed by atoms with E-state index in [1.165, 1.54) is 24.1 Å². The van der Waals surface area contributed by atoms with E-state index < -0.39 is 34.3 Å². The fourth-order valence-electron chi connectivity index (χ4n) is 3.53. The number of nitrogens with one attached hydrogen (secondary N) is 1. The van der Waals surface area contributed by atoms with Gasteiger partial charge in [-0.1, -0.05) is 32.9 Å². The molecule has 0 fully saturated rings. The monoisotopic (exact) mass is 507 g/mol. The Hall–Kier alpha value is -3.14. The van der Waals surface area contributed by atoms with Crippen molar-refractivity contribution in [2.24, 2.45) is 5.92 Å². The van der Waals surface area contributed by atoms with Crippen molar-refractivity contribution in [3.05, 3.63) is 59.9 Å². The minimum atomic E-state index is -3.87. The minimum absolute atomic E-state index is 0.0741. The molecule has 35 heavy (non-hydrogen) atoms. The number of nitrogens with zero attached hydrogens (tertiary/aromatic N) is 2. The molecular formula is C25H34FN3O5S. The van der Waals surface area contributed by atoms with Gasteiger partial charge in [-0.3, -0.25) is 13.9 Å². The lowest BCUT2D eigenvalue weighted by Gasteiger charge is -2.33. The molecule has 0 aromatic heterocycles. The van der Waals surface area contributed by atoms with Crippen molar-refractivity contribution in [1.29, 1.82) is 0 Å². The number of amides is 2. The number of ether oxygens (including phenoxy) is 1. The summed E-state index contributed by atoms with van der Waals surface area (Å²) in [6.45, 7) is 5.70. The lowest BCUT2D eigenvalue weighted by atomic mass is 10.1. The Kier molecular flexibility index (Phi) is 10.1. The second-order valence-electron chi connectivity index (χ2n) is 8.68. The topological polar surface area (TPSA) is 96.0 Å². The normalized spacial score (nSPS) is 12.2. The Morgan fingerprint density at radius 3 is 2.31 bits per heavy atom. The minimum Gasteiger partial charge on any atom is -0.497 e. The first-order chi connectivity index (χ1) is 16.5. The molecule has 1 atom stereocenters. The molecule has 0 spiro atoms. The van der Waals surface area contributed by atoms with E-state index in [9.17, 15) is 22.4 Å². The first-order valence-electron chi connectivity index (χ1n) is 11.4. The number of methoxy groups -OCH3 is 1. The van der Waals surface area contributed by atoms with Gasteiger partial charge in [-0.25, -0.2) is 12.8 Å². The van der Waals surface area contributed by atoms with Crippen LogP contribution in [0.3, 0.4) is 0 Å². The third-order valence-electron chi connectivity index (χ3n) is 5.35. The van der Waals surface area contributed by atoms with E-state index in [-0.39, 0.29) is 24.1 Å². The smallest absolute Gasteiger partial charge is 0.244 e. The fraction of sp³-hybridized carbons (Fsp3) is 0.440. The first-order valence-corrected chi connectivity index (χ1v) is 13.2. The molecule has 0 aliphatic heterocycles. The van der Waals surface area contributed by atoms with Crippen molar-refractivity contribution in [2.75, 3.05) is 30.8 Å². The molecule has 2 aromatic rings. The van der Waals surface area contributed by atoms with Crippen LogP contribution in [0.1, 0.15) is 32.8 Å². The van der Waals surface area contributed by atoms with Crippen LogP contribution in [0.2, 0.25) is 0 Å². The molecule has 1 N–H and O–H groups in total. The molecule has 8 nitrogen and oxygen atoms in total. The van der Waals surface area contributed by atoms with E-state index in [1.807, 2.05) is 13.8 Å². The average Bonchev–Trinajstić information content (AvgIpc) is 2.81. The number of halogens is 1. The third kappa shape index (κ3) is 8.24. The van der Waals surface area contributed by atoms with Crippen LogP contribution in [0.15, 0.2) is 48.5 Å². The molecule has 0 saturated heterocycles. The summed E-state index contributed by atoms with van der Waals surface area (Å²) >= 11 is 0. The molecule has 10 heteroatoms. The zero-order valence-electron chi connectivity index (χ0n) is 20.8. The molecule has 0 unspecified atom stereocenters. The maximum Gasteiger partial charge on any atom is 0.244 e. The van der Waals surface area contributed by atoms with Gasteiger partial charge in [0.25, 0.3) is 0 Å². The zero-order valence-corrected chi connectivity index (χ0v) is 21.6. The maximum absolute atomic E-state index is 13.6. The molecular weight excluding hydrogens is 473 g/mol. The van der Waals surface area contributed by atoms with E-state index in [1.54, 1.807) is 31.2 Å². The van der Waals surface area contributed by atoms with Crippen LogP contribution in [0.25, 0.3) is 0 Å². The third-order valence-corrected chi connectivity index (χ3v) is 6.49. The molecule has 192 valence electrons. The summed E-state index contributed by atoms with van der Waals surface area (Å²) in [6.07, 6.45) is 1.30. The van der Waals surface area contributed by atoms with Gasteiger partial charge in [0.15, 0.2) is 0 Å². The van der Waals surface area contributed by atoms with Crippen molar-refractivity contribution < 1.29 is 27.1 Å².